The van der Waals surface area contributed by atoms with E-state index in [0.717, 1.165) is 30.2 Å². The molecule has 1 amide bonds. The summed E-state index contributed by atoms with van der Waals surface area (Å²) < 4.78 is 16.6. The van der Waals surface area contributed by atoms with E-state index < -0.39 is 18.6 Å². The van der Waals surface area contributed by atoms with Gasteiger partial charge in [0.25, 0.3) is 5.89 Å². The van der Waals surface area contributed by atoms with E-state index in [9.17, 15) is 9.90 Å². The number of amides is 1. The molecule has 0 spiro atoms. The molecule has 1 aromatic carbocycles. The van der Waals surface area contributed by atoms with Gasteiger partial charge in [-0.25, -0.2) is 4.98 Å². The number of methoxy groups -OCH3 is 1. The molecule has 36 heavy (non-hydrogen) atoms. The smallest absolute Gasteiger partial charge is 0.258 e. The van der Waals surface area contributed by atoms with Crippen molar-refractivity contribution in [1.29, 1.82) is 0 Å². The number of halogens is 1. The van der Waals surface area contributed by atoms with Gasteiger partial charge in [-0.05, 0) is 45.0 Å². The van der Waals surface area contributed by atoms with Crippen molar-refractivity contribution in [3.63, 3.8) is 0 Å². The Morgan fingerprint density at radius 1 is 1.19 bits per heavy atom. The maximum atomic E-state index is 11.1. The third-order valence-electron chi connectivity index (χ3n) is 5.29. The molecule has 0 aliphatic carbocycles. The fourth-order valence-electron chi connectivity index (χ4n) is 3.46. The summed E-state index contributed by atoms with van der Waals surface area (Å²) >= 11 is 6.44. The number of nitrogens with zero attached hydrogens (tertiary/aromatic N) is 4. The van der Waals surface area contributed by atoms with Crippen LogP contribution < -0.4 is 19.7 Å². The van der Waals surface area contributed by atoms with Crippen molar-refractivity contribution in [3.8, 4) is 34.3 Å². The zero-order chi connectivity index (χ0) is 26.2. The number of pyridine rings is 1. The van der Waals surface area contributed by atoms with E-state index in [1.165, 1.54) is 7.11 Å². The number of carbonyl (C=O) groups is 1. The van der Waals surface area contributed by atoms with Gasteiger partial charge in [-0.1, -0.05) is 16.8 Å². The van der Waals surface area contributed by atoms with Crippen LogP contribution in [-0.2, 0) is 4.79 Å². The molecule has 1 atom stereocenters. The highest BCUT2D eigenvalue weighted by atomic mass is 35.5. The molecule has 11 nitrogen and oxygen atoms in total. The minimum Gasteiger partial charge on any atom is -0.493 e. The van der Waals surface area contributed by atoms with E-state index in [4.69, 9.17) is 30.7 Å². The molecule has 0 saturated heterocycles. The molecule has 0 saturated carbocycles. The van der Waals surface area contributed by atoms with Gasteiger partial charge in [-0.2, -0.15) is 4.98 Å². The predicted molar refractivity (Wildman–Crippen MR) is 134 cm³/mol. The van der Waals surface area contributed by atoms with Gasteiger partial charge in [0.15, 0.2) is 11.5 Å². The van der Waals surface area contributed by atoms with Crippen LogP contribution in [-0.4, -0.2) is 77.3 Å². The number of aryl methyl sites for hydroxylation is 1. The summed E-state index contributed by atoms with van der Waals surface area (Å²) in [5.74, 6) is 1.40. The summed E-state index contributed by atoms with van der Waals surface area (Å²) in [6, 6.07) is 7.04. The van der Waals surface area contributed by atoms with Crippen molar-refractivity contribution in [1.82, 2.24) is 20.4 Å². The molecule has 0 unspecified atom stereocenters. The Kier molecular flexibility index (Phi) is 9.45. The van der Waals surface area contributed by atoms with E-state index in [0.29, 0.717) is 23.0 Å². The molecule has 194 valence electrons. The summed E-state index contributed by atoms with van der Waals surface area (Å²) in [4.78, 5) is 22.4. The van der Waals surface area contributed by atoms with Crippen LogP contribution in [0.3, 0.4) is 0 Å². The summed E-state index contributed by atoms with van der Waals surface area (Å²) in [6.45, 7) is 6.78. The average Bonchev–Trinajstić information content (AvgIpc) is 3.37. The van der Waals surface area contributed by atoms with Crippen LogP contribution >= 0.6 is 11.6 Å². The fraction of sp³-hybridized carbons (Fsp3) is 0.417. The fourth-order valence-corrected chi connectivity index (χ4v) is 3.72. The Morgan fingerprint density at radius 3 is 2.61 bits per heavy atom. The largest absolute Gasteiger partial charge is 0.493 e. The van der Waals surface area contributed by atoms with E-state index in [1.54, 1.807) is 12.1 Å². The topological polar surface area (TPSA) is 143 Å². The second-order valence-electron chi connectivity index (χ2n) is 7.87. The van der Waals surface area contributed by atoms with Crippen LogP contribution in [0.5, 0.6) is 11.5 Å². The average molecular weight is 520 g/mol. The maximum Gasteiger partial charge on any atom is 0.258 e. The third kappa shape index (κ3) is 6.62. The first kappa shape index (κ1) is 27.2. The molecule has 0 aliphatic rings. The quantitative estimate of drug-likeness (QED) is 0.326. The van der Waals surface area contributed by atoms with Crippen molar-refractivity contribution in [2.45, 2.75) is 26.9 Å². The first-order chi connectivity index (χ1) is 17.3. The molecule has 3 N–H and O–H groups in total. The standard InChI is InChI=1S/C24H30ClN5O6/c1-5-30(6-2)20-10-16(7-14(3)27-20)24-28-23(29-36-24)15-8-18(25)22(19(9-15)34-4)35-13-17(32)11-26-21(33)12-31/h7-10,17,31-32H,5-6,11-13H2,1-4H3,(H,26,33)/t17-/m1/s1. The van der Waals surface area contributed by atoms with Crippen molar-refractivity contribution < 1.29 is 29.0 Å². The molecule has 0 bridgehead atoms. The highest BCUT2D eigenvalue weighted by Crippen LogP contribution is 2.39. The second kappa shape index (κ2) is 12.5. The highest BCUT2D eigenvalue weighted by molar-refractivity contribution is 6.32. The number of benzene rings is 1. The van der Waals surface area contributed by atoms with Gasteiger partial charge in [0.1, 0.15) is 25.1 Å². The minimum atomic E-state index is -1.02. The Morgan fingerprint density at radius 2 is 1.94 bits per heavy atom. The van der Waals surface area contributed by atoms with Crippen molar-refractivity contribution in [3.05, 3.63) is 35.0 Å². The predicted octanol–water partition coefficient (Wildman–Crippen LogP) is 2.46. The number of anilines is 1. The lowest BCUT2D eigenvalue weighted by molar-refractivity contribution is -0.124. The Balaban J connectivity index is 1.81. The van der Waals surface area contributed by atoms with E-state index in [1.807, 2.05) is 19.1 Å². The van der Waals surface area contributed by atoms with Crippen LogP contribution in [0, 0.1) is 6.92 Å². The molecule has 3 rings (SSSR count). The van der Waals surface area contributed by atoms with Gasteiger partial charge >= 0.3 is 0 Å². The van der Waals surface area contributed by atoms with Gasteiger partial charge in [0.05, 0.1) is 12.1 Å². The summed E-state index contributed by atoms with van der Waals surface area (Å²) in [6.07, 6.45) is -1.02. The number of carbonyl (C=O) groups excluding carboxylic acids is 1. The molecule has 0 radical (unpaired) electrons. The van der Waals surface area contributed by atoms with Crippen molar-refractivity contribution in [2.24, 2.45) is 0 Å². The SMILES string of the molecule is CCN(CC)c1cc(-c2nc(-c3cc(Cl)c(OC[C@H](O)CNC(=O)CO)c(OC)c3)no2)cc(C)n1. The minimum absolute atomic E-state index is 0.0898. The third-order valence-corrected chi connectivity index (χ3v) is 5.57. The monoisotopic (exact) mass is 519 g/mol. The van der Waals surface area contributed by atoms with Gasteiger partial charge in [-0.15, -0.1) is 0 Å². The Hall–Kier alpha value is -3.41. The molecule has 0 aliphatic heterocycles. The lowest BCUT2D eigenvalue weighted by Gasteiger charge is -2.20. The van der Waals surface area contributed by atoms with Crippen LogP contribution in [0.15, 0.2) is 28.8 Å². The maximum absolute atomic E-state index is 11.1. The number of rotatable bonds is 12. The summed E-state index contributed by atoms with van der Waals surface area (Å²) in [5, 5.41) is 25.4. The normalized spacial score (nSPS) is 11.8. The second-order valence-corrected chi connectivity index (χ2v) is 8.27. The molecular formula is C24H30ClN5O6. The van der Waals surface area contributed by atoms with Crippen molar-refractivity contribution in [2.75, 3.05) is 44.9 Å². The highest BCUT2D eigenvalue weighted by Gasteiger charge is 2.19. The number of aliphatic hydroxyl groups excluding tert-OH is 2. The van der Waals surface area contributed by atoms with Crippen LogP contribution in [0.2, 0.25) is 5.02 Å². The van der Waals surface area contributed by atoms with Crippen LogP contribution in [0.25, 0.3) is 22.8 Å². The number of hydrogen-bond acceptors (Lipinski definition) is 10. The first-order valence-corrected chi connectivity index (χ1v) is 11.8. The summed E-state index contributed by atoms with van der Waals surface area (Å²) in [5.41, 5.74) is 2.13. The molecule has 2 aromatic heterocycles. The molecule has 0 fully saturated rings. The number of nitrogens with one attached hydrogen (secondary N) is 1. The van der Waals surface area contributed by atoms with Gasteiger partial charge in [-0.3, -0.25) is 4.79 Å². The number of hydrogen-bond donors (Lipinski definition) is 3. The Labute approximate surface area is 214 Å². The number of ether oxygens (including phenoxy) is 2. The Bertz CT molecular complexity index is 1180. The van der Waals surface area contributed by atoms with Crippen molar-refractivity contribution >= 4 is 23.3 Å². The lowest BCUT2D eigenvalue weighted by Crippen LogP contribution is -2.36. The number of aliphatic hydroxyl groups is 2. The molecule has 12 heteroatoms. The zero-order valence-corrected chi connectivity index (χ0v) is 21.4. The first-order valence-electron chi connectivity index (χ1n) is 11.4. The lowest BCUT2D eigenvalue weighted by atomic mass is 10.2. The van der Waals surface area contributed by atoms with E-state index in [2.05, 4.69) is 39.2 Å². The van der Waals surface area contributed by atoms with Gasteiger partial charge in [0.2, 0.25) is 11.7 Å². The van der Waals surface area contributed by atoms with Gasteiger partial charge in [0, 0.05) is 36.5 Å². The molecule has 2 heterocycles. The van der Waals surface area contributed by atoms with Crippen LogP contribution in [0.4, 0.5) is 5.82 Å². The van der Waals surface area contributed by atoms with E-state index >= 15 is 0 Å². The molecule has 3 aromatic rings. The van der Waals surface area contributed by atoms with Gasteiger partial charge < -0.3 is 34.4 Å². The molecular weight excluding hydrogens is 490 g/mol. The number of aromatic nitrogens is 3. The van der Waals surface area contributed by atoms with Crippen LogP contribution in [0.1, 0.15) is 19.5 Å². The van der Waals surface area contributed by atoms with E-state index in [-0.39, 0.29) is 23.9 Å². The summed E-state index contributed by atoms with van der Waals surface area (Å²) in [7, 11) is 1.45. The zero-order valence-electron chi connectivity index (χ0n) is 20.6.